The zero-order valence-corrected chi connectivity index (χ0v) is 15.4. The molecule has 0 aliphatic carbocycles. The molecule has 0 aromatic heterocycles. The van der Waals surface area contributed by atoms with Crippen LogP contribution in [0.2, 0.25) is 0 Å². The molecule has 1 aliphatic rings. The molecule has 0 N–H and O–H groups in total. The largest absolute Gasteiger partial charge is 0.416 e. The first-order valence-corrected chi connectivity index (χ1v) is 9.51. The minimum absolute atomic E-state index is 0.214. The lowest BCUT2D eigenvalue weighted by Crippen LogP contribution is -2.49. The zero-order chi connectivity index (χ0) is 19.6. The van der Waals surface area contributed by atoms with Crippen molar-refractivity contribution in [1.29, 1.82) is 0 Å². The van der Waals surface area contributed by atoms with Crippen LogP contribution >= 0.6 is 0 Å². The molecule has 4 rings (SSSR count). The van der Waals surface area contributed by atoms with Crippen molar-refractivity contribution < 1.29 is 13.2 Å². The summed E-state index contributed by atoms with van der Waals surface area (Å²) in [5, 5.41) is 0. The molecule has 0 spiro atoms. The lowest BCUT2D eigenvalue weighted by atomic mass is 9.87. The number of nitrogens with zero attached hydrogens (tertiary/aromatic N) is 1. The Morgan fingerprint density at radius 3 is 1.71 bits per heavy atom. The maximum atomic E-state index is 12.7. The van der Waals surface area contributed by atoms with Gasteiger partial charge in [0.1, 0.15) is 0 Å². The van der Waals surface area contributed by atoms with Crippen molar-refractivity contribution in [3.05, 3.63) is 107 Å². The molecule has 1 saturated heterocycles. The summed E-state index contributed by atoms with van der Waals surface area (Å²) >= 11 is 0. The molecule has 4 heteroatoms. The lowest BCUT2D eigenvalue weighted by molar-refractivity contribution is -0.137. The Kier molecular flexibility index (Phi) is 5.23. The molecule has 0 atom stereocenters. The third kappa shape index (κ3) is 4.12. The van der Waals surface area contributed by atoms with Gasteiger partial charge in [0.15, 0.2) is 0 Å². The van der Waals surface area contributed by atoms with Crippen molar-refractivity contribution in [1.82, 2.24) is 4.90 Å². The van der Waals surface area contributed by atoms with Gasteiger partial charge in [-0.1, -0.05) is 72.8 Å². The van der Waals surface area contributed by atoms with E-state index in [4.69, 9.17) is 0 Å². The predicted molar refractivity (Wildman–Crippen MR) is 105 cm³/mol. The van der Waals surface area contributed by atoms with Crippen molar-refractivity contribution in [2.75, 3.05) is 13.1 Å². The second-order valence-corrected chi connectivity index (χ2v) is 7.44. The second kappa shape index (κ2) is 7.80. The predicted octanol–water partition coefficient (Wildman–Crippen LogP) is 5.97. The molecule has 3 aromatic rings. The Morgan fingerprint density at radius 1 is 0.750 bits per heavy atom. The van der Waals surface area contributed by atoms with E-state index < -0.39 is 11.7 Å². The van der Waals surface area contributed by atoms with Crippen LogP contribution in [-0.2, 0) is 12.6 Å². The van der Waals surface area contributed by atoms with E-state index in [1.54, 1.807) is 12.1 Å². The van der Waals surface area contributed by atoms with Gasteiger partial charge in [0.05, 0.1) is 11.6 Å². The van der Waals surface area contributed by atoms with E-state index >= 15 is 0 Å². The molecule has 0 radical (unpaired) electrons. The topological polar surface area (TPSA) is 3.24 Å². The average molecular weight is 381 g/mol. The van der Waals surface area contributed by atoms with Crippen LogP contribution in [0.5, 0.6) is 0 Å². The number of alkyl halides is 3. The molecule has 3 aromatic carbocycles. The Hall–Kier alpha value is -2.59. The molecule has 0 amide bonds. The maximum absolute atomic E-state index is 12.7. The quantitative estimate of drug-likeness (QED) is 0.526. The van der Waals surface area contributed by atoms with E-state index in [0.717, 1.165) is 25.1 Å². The third-order valence-electron chi connectivity index (χ3n) is 5.39. The summed E-state index contributed by atoms with van der Waals surface area (Å²) in [7, 11) is 0. The standard InChI is InChI=1S/C24H22F3N/c25-24(26,27)22-13-11-18(12-14-22)15-19-16-28(17-19)23(20-7-3-1-4-8-20)21-9-5-2-6-10-21/h1-14,19,23H,15-17H2. The van der Waals surface area contributed by atoms with Crippen LogP contribution in [0.1, 0.15) is 28.3 Å². The van der Waals surface area contributed by atoms with E-state index in [0.29, 0.717) is 5.92 Å². The molecule has 28 heavy (non-hydrogen) atoms. The van der Waals surface area contributed by atoms with E-state index in [-0.39, 0.29) is 6.04 Å². The summed E-state index contributed by atoms with van der Waals surface area (Å²) in [6, 6.07) is 26.7. The van der Waals surface area contributed by atoms with E-state index in [1.807, 2.05) is 12.1 Å². The highest BCUT2D eigenvalue weighted by molar-refractivity contribution is 5.33. The van der Waals surface area contributed by atoms with Crippen LogP contribution in [0.15, 0.2) is 84.9 Å². The summed E-state index contributed by atoms with van der Waals surface area (Å²) in [6.45, 7) is 1.88. The van der Waals surface area contributed by atoms with Gasteiger partial charge in [-0.05, 0) is 41.2 Å². The molecule has 144 valence electrons. The van der Waals surface area contributed by atoms with Crippen molar-refractivity contribution in [3.63, 3.8) is 0 Å². The summed E-state index contributed by atoms with van der Waals surface area (Å²) in [6.07, 6.45) is -3.46. The van der Waals surface area contributed by atoms with Crippen molar-refractivity contribution >= 4 is 0 Å². The number of hydrogen-bond acceptors (Lipinski definition) is 1. The first-order chi connectivity index (χ1) is 13.5. The van der Waals surface area contributed by atoms with Gasteiger partial charge in [-0.25, -0.2) is 0 Å². The van der Waals surface area contributed by atoms with Gasteiger partial charge in [-0.2, -0.15) is 13.2 Å². The number of halogens is 3. The first-order valence-electron chi connectivity index (χ1n) is 9.51. The Morgan fingerprint density at radius 2 is 1.25 bits per heavy atom. The van der Waals surface area contributed by atoms with Gasteiger partial charge in [0.25, 0.3) is 0 Å². The van der Waals surface area contributed by atoms with Gasteiger partial charge in [0.2, 0.25) is 0 Å². The number of hydrogen-bond donors (Lipinski definition) is 0. The van der Waals surface area contributed by atoms with Gasteiger partial charge in [-0.15, -0.1) is 0 Å². The molecule has 0 unspecified atom stereocenters. The Labute approximate surface area is 163 Å². The fraction of sp³-hybridized carbons (Fsp3) is 0.250. The molecule has 0 saturated carbocycles. The third-order valence-corrected chi connectivity index (χ3v) is 5.39. The fourth-order valence-corrected chi connectivity index (χ4v) is 4.00. The van der Waals surface area contributed by atoms with Crippen LogP contribution in [0.4, 0.5) is 13.2 Å². The van der Waals surface area contributed by atoms with Gasteiger partial charge in [-0.3, -0.25) is 4.90 Å². The zero-order valence-electron chi connectivity index (χ0n) is 15.4. The van der Waals surface area contributed by atoms with Crippen LogP contribution < -0.4 is 0 Å². The lowest BCUT2D eigenvalue weighted by Gasteiger charge is -2.45. The molecular weight excluding hydrogens is 359 g/mol. The fourth-order valence-electron chi connectivity index (χ4n) is 4.00. The maximum Gasteiger partial charge on any atom is 0.416 e. The Balaban J connectivity index is 1.44. The normalized spacial score (nSPS) is 15.6. The van der Waals surface area contributed by atoms with Crippen LogP contribution in [-0.4, -0.2) is 18.0 Å². The van der Waals surface area contributed by atoms with Crippen molar-refractivity contribution in [2.45, 2.75) is 18.6 Å². The minimum atomic E-state index is -4.27. The molecule has 1 heterocycles. The van der Waals surface area contributed by atoms with Gasteiger partial charge >= 0.3 is 6.18 Å². The molecule has 1 nitrogen and oxygen atoms in total. The van der Waals surface area contributed by atoms with Crippen LogP contribution in [0.25, 0.3) is 0 Å². The SMILES string of the molecule is FC(F)(F)c1ccc(CC2CN(C(c3ccccc3)c3ccccc3)C2)cc1. The Bertz CT molecular complexity index is 843. The van der Waals surface area contributed by atoms with Crippen LogP contribution in [0, 0.1) is 5.92 Å². The van der Waals surface area contributed by atoms with E-state index in [9.17, 15) is 13.2 Å². The molecular formula is C24H22F3N. The highest BCUT2D eigenvalue weighted by Crippen LogP contribution is 2.35. The summed E-state index contributed by atoms with van der Waals surface area (Å²) in [4.78, 5) is 2.44. The van der Waals surface area contributed by atoms with Crippen LogP contribution in [0.3, 0.4) is 0 Å². The van der Waals surface area contributed by atoms with E-state index in [1.165, 1.54) is 23.3 Å². The summed E-state index contributed by atoms with van der Waals surface area (Å²) < 4.78 is 38.1. The summed E-state index contributed by atoms with van der Waals surface area (Å²) in [5.41, 5.74) is 2.91. The highest BCUT2D eigenvalue weighted by atomic mass is 19.4. The monoisotopic (exact) mass is 381 g/mol. The van der Waals surface area contributed by atoms with Crippen molar-refractivity contribution in [3.8, 4) is 0 Å². The number of rotatable bonds is 5. The second-order valence-electron chi connectivity index (χ2n) is 7.44. The van der Waals surface area contributed by atoms with Gasteiger partial charge in [0, 0.05) is 13.1 Å². The van der Waals surface area contributed by atoms with E-state index in [2.05, 4.69) is 53.4 Å². The van der Waals surface area contributed by atoms with Crippen molar-refractivity contribution in [2.24, 2.45) is 5.92 Å². The molecule has 0 bridgehead atoms. The number of benzene rings is 3. The van der Waals surface area contributed by atoms with Gasteiger partial charge < -0.3 is 0 Å². The highest BCUT2D eigenvalue weighted by Gasteiger charge is 2.34. The first kappa shape index (κ1) is 18.8. The summed E-state index contributed by atoms with van der Waals surface area (Å²) in [5.74, 6) is 0.465. The smallest absolute Gasteiger partial charge is 0.292 e. The minimum Gasteiger partial charge on any atom is -0.292 e. The molecule has 1 aliphatic heterocycles. The average Bonchev–Trinajstić information content (AvgIpc) is 2.67. The number of likely N-dealkylation sites (tertiary alicyclic amines) is 1. The molecule has 1 fully saturated rings.